The highest BCUT2D eigenvalue weighted by Gasteiger charge is 2.43. The van der Waals surface area contributed by atoms with E-state index in [9.17, 15) is 4.79 Å². The lowest BCUT2D eigenvalue weighted by Crippen LogP contribution is -2.43. The SMILES string of the molecule is COC(=O)N1CCCC1(C)c1ncc(-c2ccc(Br)cc2)[nH]1. The lowest BCUT2D eigenvalue weighted by atomic mass is 9.98. The van der Waals surface area contributed by atoms with Gasteiger partial charge in [-0.05, 0) is 37.5 Å². The predicted molar refractivity (Wildman–Crippen MR) is 87.4 cm³/mol. The van der Waals surface area contributed by atoms with Crippen LogP contribution in [-0.2, 0) is 10.3 Å². The van der Waals surface area contributed by atoms with Crippen LogP contribution < -0.4 is 0 Å². The Morgan fingerprint density at radius 1 is 1.41 bits per heavy atom. The van der Waals surface area contributed by atoms with Gasteiger partial charge in [0, 0.05) is 11.0 Å². The summed E-state index contributed by atoms with van der Waals surface area (Å²) in [5.74, 6) is 0.799. The van der Waals surface area contributed by atoms with Gasteiger partial charge >= 0.3 is 6.09 Å². The number of rotatable bonds is 2. The van der Waals surface area contributed by atoms with Crippen molar-refractivity contribution in [1.29, 1.82) is 0 Å². The number of H-pyrrole nitrogens is 1. The van der Waals surface area contributed by atoms with Gasteiger partial charge in [-0.3, -0.25) is 4.90 Å². The lowest BCUT2D eigenvalue weighted by Gasteiger charge is -2.32. The van der Waals surface area contributed by atoms with Gasteiger partial charge in [0.1, 0.15) is 11.4 Å². The molecule has 0 spiro atoms. The minimum atomic E-state index is -0.444. The van der Waals surface area contributed by atoms with E-state index in [0.29, 0.717) is 6.54 Å². The number of ether oxygens (including phenoxy) is 1. The molecule has 1 atom stereocenters. The third-order valence-corrected chi connectivity index (χ3v) is 4.81. The molecule has 3 rings (SSSR count). The van der Waals surface area contributed by atoms with Gasteiger partial charge in [-0.25, -0.2) is 9.78 Å². The monoisotopic (exact) mass is 363 g/mol. The van der Waals surface area contributed by atoms with E-state index in [1.54, 1.807) is 4.90 Å². The maximum Gasteiger partial charge on any atom is 0.410 e. The molecule has 1 aliphatic heterocycles. The summed E-state index contributed by atoms with van der Waals surface area (Å²) in [6.45, 7) is 2.72. The molecule has 0 radical (unpaired) electrons. The minimum Gasteiger partial charge on any atom is -0.453 e. The van der Waals surface area contributed by atoms with Crippen molar-refractivity contribution in [2.24, 2.45) is 0 Å². The fraction of sp³-hybridized carbons (Fsp3) is 0.375. The van der Waals surface area contributed by atoms with Crippen LogP contribution in [0.1, 0.15) is 25.6 Å². The molecule has 116 valence electrons. The van der Waals surface area contributed by atoms with Gasteiger partial charge in [0.15, 0.2) is 0 Å². The summed E-state index contributed by atoms with van der Waals surface area (Å²) >= 11 is 3.43. The molecule has 0 aliphatic carbocycles. The zero-order valence-electron chi connectivity index (χ0n) is 12.6. The summed E-state index contributed by atoms with van der Waals surface area (Å²) < 4.78 is 5.93. The van der Waals surface area contributed by atoms with Gasteiger partial charge in [0.2, 0.25) is 0 Å². The predicted octanol–water partition coefficient (Wildman–Crippen LogP) is 3.92. The Kier molecular flexibility index (Phi) is 3.95. The number of amides is 1. The van der Waals surface area contributed by atoms with Gasteiger partial charge in [-0.15, -0.1) is 0 Å². The van der Waals surface area contributed by atoms with Crippen LogP contribution in [0.25, 0.3) is 11.3 Å². The largest absolute Gasteiger partial charge is 0.453 e. The molecule has 1 amide bonds. The molecule has 1 unspecified atom stereocenters. The molecule has 2 aromatic rings. The third-order valence-electron chi connectivity index (χ3n) is 4.28. The number of hydrogen-bond acceptors (Lipinski definition) is 3. The summed E-state index contributed by atoms with van der Waals surface area (Å²) in [5, 5.41) is 0. The quantitative estimate of drug-likeness (QED) is 0.879. The number of hydrogen-bond donors (Lipinski definition) is 1. The molecule has 1 aromatic heterocycles. The highest BCUT2D eigenvalue weighted by atomic mass is 79.9. The maximum atomic E-state index is 12.0. The average Bonchev–Trinajstić information content (AvgIpc) is 3.15. The number of carbonyl (C=O) groups is 1. The first kappa shape index (κ1) is 15.1. The van der Waals surface area contributed by atoms with Crippen molar-refractivity contribution in [1.82, 2.24) is 14.9 Å². The molecule has 1 fully saturated rings. The second kappa shape index (κ2) is 5.76. The number of nitrogens with one attached hydrogen (secondary N) is 1. The first-order chi connectivity index (χ1) is 10.5. The van der Waals surface area contributed by atoms with Gasteiger partial charge in [-0.2, -0.15) is 0 Å². The van der Waals surface area contributed by atoms with E-state index in [1.807, 2.05) is 37.4 Å². The molecule has 1 aromatic carbocycles. The summed E-state index contributed by atoms with van der Waals surface area (Å²) in [5.41, 5.74) is 1.56. The highest BCUT2D eigenvalue weighted by molar-refractivity contribution is 9.10. The Balaban J connectivity index is 1.92. The zero-order valence-corrected chi connectivity index (χ0v) is 14.2. The number of carbonyl (C=O) groups excluding carboxylic acids is 1. The molecule has 6 heteroatoms. The van der Waals surface area contributed by atoms with E-state index < -0.39 is 5.54 Å². The number of nitrogens with zero attached hydrogens (tertiary/aromatic N) is 2. The van der Waals surface area contributed by atoms with Crippen LogP contribution in [0.2, 0.25) is 0 Å². The smallest absolute Gasteiger partial charge is 0.410 e. The Morgan fingerprint density at radius 3 is 2.82 bits per heavy atom. The Morgan fingerprint density at radius 2 is 2.14 bits per heavy atom. The van der Waals surface area contributed by atoms with Crippen LogP contribution in [-0.4, -0.2) is 34.6 Å². The summed E-state index contributed by atoms with van der Waals surface area (Å²) in [4.78, 5) is 21.6. The molecular formula is C16H18BrN3O2. The zero-order chi connectivity index (χ0) is 15.7. The normalized spacial score (nSPS) is 21.1. The molecule has 5 nitrogen and oxygen atoms in total. The first-order valence-electron chi connectivity index (χ1n) is 7.21. The van der Waals surface area contributed by atoms with E-state index in [-0.39, 0.29) is 6.09 Å². The van der Waals surface area contributed by atoms with Crippen LogP contribution >= 0.6 is 15.9 Å². The number of halogens is 1. The average molecular weight is 364 g/mol. The van der Waals surface area contributed by atoms with E-state index >= 15 is 0 Å². The van der Waals surface area contributed by atoms with Crippen molar-refractivity contribution in [2.75, 3.05) is 13.7 Å². The van der Waals surface area contributed by atoms with Gasteiger partial charge < -0.3 is 9.72 Å². The minimum absolute atomic E-state index is 0.304. The number of aromatic nitrogens is 2. The van der Waals surface area contributed by atoms with E-state index in [2.05, 4.69) is 25.9 Å². The Labute approximate surface area is 137 Å². The van der Waals surface area contributed by atoms with Crippen molar-refractivity contribution in [3.05, 3.63) is 40.8 Å². The molecule has 1 N–H and O–H groups in total. The highest BCUT2D eigenvalue weighted by Crippen LogP contribution is 2.38. The summed E-state index contributed by atoms with van der Waals surface area (Å²) in [6, 6.07) is 8.04. The van der Waals surface area contributed by atoms with Gasteiger partial charge in [-0.1, -0.05) is 28.1 Å². The molecule has 22 heavy (non-hydrogen) atoms. The maximum absolute atomic E-state index is 12.0. The Hall–Kier alpha value is -1.82. The van der Waals surface area contributed by atoms with Crippen LogP contribution in [0.3, 0.4) is 0 Å². The fourth-order valence-corrected chi connectivity index (χ4v) is 3.25. The van der Waals surface area contributed by atoms with E-state index in [4.69, 9.17) is 4.74 Å². The Bertz CT molecular complexity index is 683. The van der Waals surface area contributed by atoms with Crippen molar-refractivity contribution < 1.29 is 9.53 Å². The van der Waals surface area contributed by atoms with E-state index in [0.717, 1.165) is 34.4 Å². The number of aromatic amines is 1. The molecule has 1 saturated heterocycles. The molecule has 0 bridgehead atoms. The lowest BCUT2D eigenvalue weighted by molar-refractivity contribution is 0.0884. The van der Waals surface area contributed by atoms with Gasteiger partial charge in [0.25, 0.3) is 0 Å². The number of likely N-dealkylation sites (tertiary alicyclic amines) is 1. The van der Waals surface area contributed by atoms with Crippen molar-refractivity contribution in [3.8, 4) is 11.3 Å². The van der Waals surface area contributed by atoms with Gasteiger partial charge in [0.05, 0.1) is 19.0 Å². The third kappa shape index (κ3) is 2.52. The van der Waals surface area contributed by atoms with Crippen LogP contribution in [0.15, 0.2) is 34.9 Å². The summed E-state index contributed by atoms with van der Waals surface area (Å²) in [6.07, 6.45) is 3.33. The van der Waals surface area contributed by atoms with Crippen molar-refractivity contribution >= 4 is 22.0 Å². The molecule has 2 heterocycles. The van der Waals surface area contributed by atoms with Crippen LogP contribution in [0.4, 0.5) is 4.79 Å². The number of benzene rings is 1. The number of imidazole rings is 1. The first-order valence-corrected chi connectivity index (χ1v) is 8.01. The molecule has 0 saturated carbocycles. The van der Waals surface area contributed by atoms with Crippen LogP contribution in [0, 0.1) is 0 Å². The van der Waals surface area contributed by atoms with Crippen LogP contribution in [0.5, 0.6) is 0 Å². The number of methoxy groups -OCH3 is 1. The fourth-order valence-electron chi connectivity index (χ4n) is 2.98. The second-order valence-electron chi connectivity index (χ2n) is 5.65. The standard InChI is InChI=1S/C16H18BrN3O2/c1-16(8-3-9-20(16)15(21)22-2)14-18-10-13(19-14)11-4-6-12(17)7-5-11/h4-7,10H,3,8-9H2,1-2H3,(H,18,19). The summed E-state index contributed by atoms with van der Waals surface area (Å²) in [7, 11) is 1.41. The van der Waals surface area contributed by atoms with E-state index in [1.165, 1.54) is 7.11 Å². The molecule has 1 aliphatic rings. The van der Waals surface area contributed by atoms with Crippen molar-refractivity contribution in [2.45, 2.75) is 25.3 Å². The second-order valence-corrected chi connectivity index (χ2v) is 6.57. The topological polar surface area (TPSA) is 58.2 Å². The molecular weight excluding hydrogens is 346 g/mol. The van der Waals surface area contributed by atoms with Crippen molar-refractivity contribution in [3.63, 3.8) is 0 Å².